The maximum atomic E-state index is 12.1. The largest absolute Gasteiger partial charge is 0.383 e. The normalized spacial score (nSPS) is 18.5. The van der Waals surface area contributed by atoms with E-state index >= 15 is 0 Å². The maximum absolute atomic E-state index is 12.1. The lowest BCUT2D eigenvalue weighted by molar-refractivity contribution is -0.129. The molecular formula is C17H26N2O2. The molecule has 1 N–H and O–H groups in total. The Kier molecular flexibility index (Phi) is 6.21. The minimum Gasteiger partial charge on any atom is -0.383 e. The molecule has 1 aliphatic heterocycles. The van der Waals surface area contributed by atoms with Crippen LogP contribution in [0.5, 0.6) is 0 Å². The molecule has 1 saturated heterocycles. The van der Waals surface area contributed by atoms with Gasteiger partial charge >= 0.3 is 0 Å². The fraction of sp³-hybridized carbons (Fsp3) is 0.588. The fourth-order valence-corrected chi connectivity index (χ4v) is 2.85. The van der Waals surface area contributed by atoms with Crippen LogP contribution in [0.15, 0.2) is 24.3 Å². The Morgan fingerprint density at radius 2 is 2.14 bits per heavy atom. The smallest absolute Gasteiger partial charge is 0.223 e. The molecule has 1 amide bonds. The van der Waals surface area contributed by atoms with Crippen LogP contribution >= 0.6 is 0 Å². The first kappa shape index (κ1) is 16.0. The van der Waals surface area contributed by atoms with Gasteiger partial charge in [0, 0.05) is 32.7 Å². The van der Waals surface area contributed by atoms with Crippen LogP contribution in [0, 0.1) is 6.92 Å². The topological polar surface area (TPSA) is 41.6 Å². The number of methoxy groups -OCH3 is 1. The number of hydrogen-bond donors (Lipinski definition) is 1. The third-order valence-electron chi connectivity index (χ3n) is 4.19. The zero-order valence-electron chi connectivity index (χ0n) is 13.1. The molecule has 1 unspecified atom stereocenters. The van der Waals surface area contributed by atoms with Crippen molar-refractivity contribution in [3.8, 4) is 0 Å². The van der Waals surface area contributed by atoms with Crippen molar-refractivity contribution in [1.29, 1.82) is 0 Å². The summed E-state index contributed by atoms with van der Waals surface area (Å²) in [6.07, 6.45) is 2.69. The third kappa shape index (κ3) is 4.55. The molecule has 0 aromatic heterocycles. The quantitative estimate of drug-likeness (QED) is 0.746. The van der Waals surface area contributed by atoms with Gasteiger partial charge in [0.25, 0.3) is 0 Å². The molecule has 21 heavy (non-hydrogen) atoms. The van der Waals surface area contributed by atoms with Gasteiger partial charge in [0.1, 0.15) is 0 Å². The number of ether oxygens (including phenoxy) is 1. The summed E-state index contributed by atoms with van der Waals surface area (Å²) in [6, 6.07) is 8.69. The molecule has 2 rings (SSSR count). The van der Waals surface area contributed by atoms with Gasteiger partial charge in [-0.3, -0.25) is 4.79 Å². The molecule has 1 heterocycles. The first-order valence-corrected chi connectivity index (χ1v) is 7.76. The summed E-state index contributed by atoms with van der Waals surface area (Å²) < 4.78 is 5.02. The van der Waals surface area contributed by atoms with E-state index < -0.39 is 0 Å². The van der Waals surface area contributed by atoms with Crippen molar-refractivity contribution < 1.29 is 9.53 Å². The Morgan fingerprint density at radius 3 is 2.90 bits per heavy atom. The van der Waals surface area contributed by atoms with Gasteiger partial charge in [0.05, 0.1) is 6.61 Å². The van der Waals surface area contributed by atoms with Gasteiger partial charge in [-0.1, -0.05) is 24.3 Å². The number of carbonyl (C=O) groups is 1. The zero-order chi connectivity index (χ0) is 15.1. The van der Waals surface area contributed by atoms with E-state index in [4.69, 9.17) is 4.74 Å². The zero-order valence-corrected chi connectivity index (χ0v) is 13.1. The van der Waals surface area contributed by atoms with Crippen LogP contribution in [0.4, 0.5) is 0 Å². The Morgan fingerprint density at radius 1 is 1.33 bits per heavy atom. The Hall–Kier alpha value is -1.39. The van der Waals surface area contributed by atoms with Gasteiger partial charge < -0.3 is 15.0 Å². The molecule has 116 valence electrons. The summed E-state index contributed by atoms with van der Waals surface area (Å²) in [5.74, 6) is 0.292. The molecule has 0 radical (unpaired) electrons. The first-order valence-electron chi connectivity index (χ1n) is 7.76. The van der Waals surface area contributed by atoms with Crippen LogP contribution in [-0.2, 0) is 16.1 Å². The van der Waals surface area contributed by atoms with E-state index in [9.17, 15) is 4.79 Å². The molecule has 0 bridgehead atoms. The van der Waals surface area contributed by atoms with Gasteiger partial charge in [0.2, 0.25) is 5.91 Å². The van der Waals surface area contributed by atoms with E-state index in [-0.39, 0.29) is 0 Å². The minimum atomic E-state index is 0.292. The number of benzene rings is 1. The molecule has 0 aliphatic carbocycles. The van der Waals surface area contributed by atoms with Crippen molar-refractivity contribution in [2.45, 2.75) is 38.8 Å². The summed E-state index contributed by atoms with van der Waals surface area (Å²) in [6.45, 7) is 5.39. The average Bonchev–Trinajstić information content (AvgIpc) is 2.82. The maximum Gasteiger partial charge on any atom is 0.223 e. The van der Waals surface area contributed by atoms with E-state index in [1.165, 1.54) is 11.1 Å². The second-order valence-electron chi connectivity index (χ2n) is 5.67. The van der Waals surface area contributed by atoms with Crippen LogP contribution < -0.4 is 5.32 Å². The van der Waals surface area contributed by atoms with Gasteiger partial charge in [-0.05, 0) is 37.4 Å². The number of hydrogen-bond acceptors (Lipinski definition) is 3. The van der Waals surface area contributed by atoms with Crippen molar-refractivity contribution in [1.82, 2.24) is 10.2 Å². The van der Waals surface area contributed by atoms with Gasteiger partial charge in [0.15, 0.2) is 0 Å². The number of rotatable bonds is 8. The molecule has 4 nitrogen and oxygen atoms in total. The predicted octanol–water partition coefficient (Wildman–Crippen LogP) is 2.11. The molecule has 4 heteroatoms. The monoisotopic (exact) mass is 290 g/mol. The van der Waals surface area contributed by atoms with Crippen molar-refractivity contribution in [2.75, 3.05) is 26.8 Å². The Labute approximate surface area is 127 Å². The molecule has 1 aromatic carbocycles. The summed E-state index contributed by atoms with van der Waals surface area (Å²) in [5.41, 5.74) is 2.51. The van der Waals surface area contributed by atoms with Crippen LogP contribution in [-0.4, -0.2) is 43.7 Å². The summed E-state index contributed by atoms with van der Waals surface area (Å²) in [4.78, 5) is 14.2. The highest BCUT2D eigenvalue weighted by Gasteiger charge is 2.30. The molecule has 1 fully saturated rings. The molecule has 0 spiro atoms. The van der Waals surface area contributed by atoms with Crippen molar-refractivity contribution in [3.05, 3.63) is 35.4 Å². The average molecular weight is 290 g/mol. The van der Waals surface area contributed by atoms with E-state index in [1.54, 1.807) is 7.11 Å². The first-order chi connectivity index (χ1) is 10.2. The number of nitrogens with zero attached hydrogens (tertiary/aromatic N) is 1. The number of aryl methyl sites for hydroxylation is 1. The lowest BCUT2D eigenvalue weighted by Gasteiger charge is -2.26. The molecule has 1 aromatic rings. The van der Waals surface area contributed by atoms with Gasteiger partial charge in [-0.25, -0.2) is 0 Å². The number of nitrogens with one attached hydrogen (secondary N) is 1. The summed E-state index contributed by atoms with van der Waals surface area (Å²) in [5, 5.41) is 3.36. The Bertz CT molecular complexity index is 462. The van der Waals surface area contributed by atoms with E-state index in [0.717, 1.165) is 39.1 Å². The summed E-state index contributed by atoms with van der Waals surface area (Å²) >= 11 is 0. The van der Waals surface area contributed by atoms with Crippen LogP contribution in [0.1, 0.15) is 30.4 Å². The van der Waals surface area contributed by atoms with Gasteiger partial charge in [-0.2, -0.15) is 0 Å². The minimum absolute atomic E-state index is 0.292. The highest BCUT2D eigenvalue weighted by molar-refractivity contribution is 5.78. The molecule has 1 atom stereocenters. The Balaban J connectivity index is 1.87. The lowest BCUT2D eigenvalue weighted by atomic mass is 10.1. The number of carbonyl (C=O) groups excluding carboxylic acids is 1. The van der Waals surface area contributed by atoms with Crippen molar-refractivity contribution >= 4 is 5.91 Å². The number of amides is 1. The fourth-order valence-electron chi connectivity index (χ4n) is 2.85. The van der Waals surface area contributed by atoms with E-state index in [1.807, 2.05) is 12.1 Å². The van der Waals surface area contributed by atoms with E-state index in [0.29, 0.717) is 18.4 Å². The highest BCUT2D eigenvalue weighted by atomic mass is 16.5. The molecular weight excluding hydrogens is 264 g/mol. The molecule has 0 saturated carbocycles. The van der Waals surface area contributed by atoms with Crippen LogP contribution in [0.2, 0.25) is 0 Å². The predicted molar refractivity (Wildman–Crippen MR) is 84.1 cm³/mol. The van der Waals surface area contributed by atoms with E-state index in [2.05, 4.69) is 29.3 Å². The van der Waals surface area contributed by atoms with Crippen molar-refractivity contribution in [3.63, 3.8) is 0 Å². The second kappa shape index (κ2) is 8.15. The number of likely N-dealkylation sites (tertiary alicyclic amines) is 1. The van der Waals surface area contributed by atoms with Crippen LogP contribution in [0.3, 0.4) is 0 Å². The molecule has 1 aliphatic rings. The standard InChI is InChI=1S/C17H26N2O2/c1-14-5-3-4-6-15(14)13-19-16(7-8-17(19)20)9-10-18-11-12-21-2/h3-6,16,18H,7-13H2,1-2H3. The van der Waals surface area contributed by atoms with Crippen molar-refractivity contribution in [2.24, 2.45) is 0 Å². The second-order valence-corrected chi connectivity index (χ2v) is 5.67. The highest BCUT2D eigenvalue weighted by Crippen LogP contribution is 2.24. The van der Waals surface area contributed by atoms with Gasteiger partial charge in [-0.15, -0.1) is 0 Å². The van der Waals surface area contributed by atoms with Crippen LogP contribution in [0.25, 0.3) is 0 Å². The SMILES string of the molecule is COCCNCCC1CCC(=O)N1Cc1ccccc1C. The summed E-state index contributed by atoms with van der Waals surface area (Å²) in [7, 11) is 1.71. The third-order valence-corrected chi connectivity index (χ3v) is 4.19. The lowest BCUT2D eigenvalue weighted by Crippen LogP contribution is -2.35.